The number of aryl methyl sites for hydroxylation is 1. The zero-order valence-electron chi connectivity index (χ0n) is 15.3. The van der Waals surface area contributed by atoms with Gasteiger partial charge >= 0.3 is 0 Å². The number of unbranched alkanes of at least 4 members (excludes halogenated alkanes) is 6. The fourth-order valence-electron chi connectivity index (χ4n) is 2.60. The lowest BCUT2D eigenvalue weighted by atomic mass is 10.0. The Labute approximate surface area is 153 Å². The molecule has 1 rings (SSSR count). The third-order valence-electron chi connectivity index (χ3n) is 4.36. The van der Waals surface area contributed by atoms with E-state index >= 15 is 0 Å². The minimum absolute atomic E-state index is 0.149. The second-order valence-corrected chi connectivity index (χ2v) is 11.1. The normalized spacial score (nSPS) is 12.6. The van der Waals surface area contributed by atoms with E-state index in [0.717, 1.165) is 56.9 Å². The first-order valence-electron chi connectivity index (χ1n) is 8.96. The van der Waals surface area contributed by atoms with E-state index < -0.39 is 19.9 Å². The highest BCUT2D eigenvalue weighted by atomic mass is 32.2. The summed E-state index contributed by atoms with van der Waals surface area (Å²) in [6.45, 7) is 3.47. The number of sulfone groups is 1. The van der Waals surface area contributed by atoms with Gasteiger partial charge in [-0.25, -0.2) is 22.0 Å². The molecule has 1 aromatic rings. The molecule has 0 aliphatic heterocycles. The van der Waals surface area contributed by atoms with Gasteiger partial charge in [-0.15, -0.1) is 0 Å². The van der Waals surface area contributed by atoms with Crippen LogP contribution < -0.4 is 5.14 Å². The summed E-state index contributed by atoms with van der Waals surface area (Å²) in [6, 6.07) is 6.73. The molecule has 1 aromatic carbocycles. The predicted octanol–water partition coefficient (Wildman–Crippen LogP) is 3.43. The molecule has 0 radical (unpaired) electrons. The van der Waals surface area contributed by atoms with Gasteiger partial charge < -0.3 is 0 Å². The maximum atomic E-state index is 11.7. The van der Waals surface area contributed by atoms with Gasteiger partial charge in [-0.3, -0.25) is 0 Å². The van der Waals surface area contributed by atoms with E-state index in [1.54, 1.807) is 26.0 Å². The van der Waals surface area contributed by atoms with E-state index in [0.29, 0.717) is 5.75 Å². The summed E-state index contributed by atoms with van der Waals surface area (Å²) in [5, 5.41) is 4.80. The number of primary sulfonamides is 1. The molecule has 0 fully saturated rings. The monoisotopic (exact) mass is 389 g/mol. The second-order valence-electron chi connectivity index (χ2n) is 6.83. The molecular formula is C18H31NO4S2. The minimum Gasteiger partial charge on any atom is -0.229 e. The Bertz CT molecular complexity index is 708. The lowest BCUT2D eigenvalue weighted by molar-refractivity contribution is 0.569. The summed E-state index contributed by atoms with van der Waals surface area (Å²) in [5.41, 5.74) is 1.12. The SMILES string of the molecule is CC(C)S(=O)(=O)CCCCCCCCCc1ccc(S(N)(=O)=O)cc1. The lowest BCUT2D eigenvalue weighted by Gasteiger charge is -2.07. The number of hydrogen-bond acceptors (Lipinski definition) is 4. The van der Waals surface area contributed by atoms with Gasteiger partial charge in [0.15, 0.2) is 9.84 Å². The first-order valence-corrected chi connectivity index (χ1v) is 12.2. The van der Waals surface area contributed by atoms with Crippen LogP contribution >= 0.6 is 0 Å². The van der Waals surface area contributed by atoms with Crippen molar-refractivity contribution in [3.05, 3.63) is 29.8 Å². The molecule has 0 bridgehead atoms. The molecule has 0 amide bonds. The van der Waals surface area contributed by atoms with Crippen LogP contribution in [0.2, 0.25) is 0 Å². The van der Waals surface area contributed by atoms with Crippen LogP contribution in [0.1, 0.15) is 64.4 Å². The molecule has 2 N–H and O–H groups in total. The summed E-state index contributed by atoms with van der Waals surface area (Å²) >= 11 is 0. The molecule has 0 spiro atoms. The van der Waals surface area contributed by atoms with Gasteiger partial charge in [0.05, 0.1) is 15.9 Å². The van der Waals surface area contributed by atoms with E-state index in [4.69, 9.17) is 5.14 Å². The van der Waals surface area contributed by atoms with Gasteiger partial charge in [0.25, 0.3) is 0 Å². The van der Waals surface area contributed by atoms with Crippen LogP contribution in [-0.4, -0.2) is 27.8 Å². The van der Waals surface area contributed by atoms with Gasteiger partial charge in [0, 0.05) is 0 Å². The molecule has 7 heteroatoms. The molecule has 0 aromatic heterocycles. The summed E-state index contributed by atoms with van der Waals surface area (Å²) in [5.74, 6) is 0.305. The third-order valence-corrected chi connectivity index (χ3v) is 7.59. The highest BCUT2D eigenvalue weighted by Crippen LogP contribution is 2.14. The summed E-state index contributed by atoms with van der Waals surface area (Å²) < 4.78 is 45.7. The summed E-state index contributed by atoms with van der Waals surface area (Å²) in [6.07, 6.45) is 8.21. The van der Waals surface area contributed by atoms with E-state index in [-0.39, 0.29) is 10.1 Å². The molecule has 0 unspecified atom stereocenters. The molecule has 144 valence electrons. The number of benzene rings is 1. The Kier molecular flexibility index (Phi) is 9.10. The first kappa shape index (κ1) is 22.1. The first-order chi connectivity index (χ1) is 11.6. The Hall–Kier alpha value is -0.920. The van der Waals surface area contributed by atoms with Crippen molar-refractivity contribution in [2.45, 2.75) is 75.4 Å². The van der Waals surface area contributed by atoms with Crippen molar-refractivity contribution in [1.29, 1.82) is 0 Å². The average molecular weight is 390 g/mol. The number of nitrogens with two attached hydrogens (primary N) is 1. The van der Waals surface area contributed by atoms with Crippen LogP contribution in [0.4, 0.5) is 0 Å². The maximum Gasteiger partial charge on any atom is 0.238 e. The van der Waals surface area contributed by atoms with Crippen molar-refractivity contribution in [3.8, 4) is 0 Å². The Morgan fingerprint density at radius 1 is 0.800 bits per heavy atom. The van der Waals surface area contributed by atoms with Crippen LogP contribution in [-0.2, 0) is 26.3 Å². The van der Waals surface area contributed by atoms with E-state index in [1.165, 1.54) is 0 Å². The standard InChI is InChI=1S/C18H31NO4S2/c1-16(2)24(20,21)15-9-7-5-3-4-6-8-10-17-11-13-18(14-12-17)25(19,22)23/h11-14,16H,3-10,15H2,1-2H3,(H2,19,22,23). The Balaban J connectivity index is 2.09. The predicted molar refractivity (Wildman–Crippen MR) is 103 cm³/mol. The van der Waals surface area contributed by atoms with Crippen molar-refractivity contribution >= 4 is 19.9 Å². The average Bonchev–Trinajstić information content (AvgIpc) is 2.52. The molecular weight excluding hydrogens is 358 g/mol. The van der Waals surface area contributed by atoms with Gasteiger partial charge in [-0.1, -0.05) is 44.2 Å². The van der Waals surface area contributed by atoms with E-state index in [1.807, 2.05) is 12.1 Å². The quantitative estimate of drug-likeness (QED) is 0.554. The fourth-order valence-corrected chi connectivity index (χ4v) is 4.19. The zero-order valence-corrected chi connectivity index (χ0v) is 16.9. The molecule has 5 nitrogen and oxygen atoms in total. The zero-order chi connectivity index (χ0) is 18.9. The second kappa shape index (κ2) is 10.3. The van der Waals surface area contributed by atoms with Crippen LogP contribution in [0, 0.1) is 0 Å². The smallest absolute Gasteiger partial charge is 0.229 e. The maximum absolute atomic E-state index is 11.7. The largest absolute Gasteiger partial charge is 0.238 e. The lowest BCUT2D eigenvalue weighted by Crippen LogP contribution is -2.17. The third kappa shape index (κ3) is 8.83. The van der Waals surface area contributed by atoms with Crippen LogP contribution in [0.3, 0.4) is 0 Å². The Morgan fingerprint density at radius 2 is 1.28 bits per heavy atom. The van der Waals surface area contributed by atoms with Crippen molar-refractivity contribution in [1.82, 2.24) is 0 Å². The number of sulfonamides is 1. The van der Waals surface area contributed by atoms with Crippen molar-refractivity contribution in [2.75, 3.05) is 5.75 Å². The highest BCUT2D eigenvalue weighted by molar-refractivity contribution is 7.91. The summed E-state index contributed by atoms with van der Waals surface area (Å²) in [4.78, 5) is 0.149. The molecule has 0 saturated carbocycles. The Morgan fingerprint density at radius 3 is 1.76 bits per heavy atom. The van der Waals surface area contributed by atoms with Crippen LogP contribution in [0.15, 0.2) is 29.2 Å². The molecule has 0 saturated heterocycles. The topological polar surface area (TPSA) is 94.3 Å². The molecule has 0 aliphatic rings. The van der Waals surface area contributed by atoms with E-state index in [2.05, 4.69) is 0 Å². The van der Waals surface area contributed by atoms with Crippen LogP contribution in [0.25, 0.3) is 0 Å². The summed E-state index contributed by atoms with van der Waals surface area (Å²) in [7, 11) is -6.50. The molecule has 0 atom stereocenters. The number of rotatable bonds is 12. The van der Waals surface area contributed by atoms with Gasteiger partial charge in [-0.2, -0.15) is 0 Å². The molecule has 25 heavy (non-hydrogen) atoms. The molecule has 0 heterocycles. The van der Waals surface area contributed by atoms with Gasteiger partial charge in [0.1, 0.15) is 0 Å². The van der Waals surface area contributed by atoms with Crippen LogP contribution in [0.5, 0.6) is 0 Å². The van der Waals surface area contributed by atoms with Crippen molar-refractivity contribution in [3.63, 3.8) is 0 Å². The van der Waals surface area contributed by atoms with Gasteiger partial charge in [0.2, 0.25) is 10.0 Å². The highest BCUT2D eigenvalue weighted by Gasteiger charge is 2.14. The van der Waals surface area contributed by atoms with Gasteiger partial charge in [-0.05, 0) is 50.8 Å². The van der Waals surface area contributed by atoms with Crippen molar-refractivity contribution < 1.29 is 16.8 Å². The minimum atomic E-state index is -3.61. The number of hydrogen-bond donors (Lipinski definition) is 1. The fraction of sp³-hybridized carbons (Fsp3) is 0.667. The van der Waals surface area contributed by atoms with Crippen molar-refractivity contribution in [2.24, 2.45) is 5.14 Å². The molecule has 0 aliphatic carbocycles. The van der Waals surface area contributed by atoms with E-state index in [9.17, 15) is 16.8 Å².